The minimum atomic E-state index is -1.37. The Morgan fingerprint density at radius 1 is 1.19 bits per heavy atom. The van der Waals surface area contributed by atoms with Crippen LogP contribution in [0.25, 0.3) is 0 Å². The summed E-state index contributed by atoms with van der Waals surface area (Å²) in [6.45, 7) is 3.25. The molecule has 0 aliphatic carbocycles. The fraction of sp³-hybridized carbons (Fsp3) is 0.263. The molecule has 2 N–H and O–H groups in total. The predicted octanol–water partition coefficient (Wildman–Crippen LogP) is 2.80. The van der Waals surface area contributed by atoms with Gasteiger partial charge in [-0.25, -0.2) is 4.79 Å². The first-order valence-electron chi connectivity index (χ1n) is 8.12. The third kappa shape index (κ3) is 5.04. The number of nitrogens with zero attached hydrogens (tertiary/aromatic N) is 1. The van der Waals surface area contributed by atoms with Crippen LogP contribution in [-0.4, -0.2) is 29.9 Å². The van der Waals surface area contributed by atoms with Crippen LogP contribution in [0.5, 0.6) is 0 Å². The summed E-state index contributed by atoms with van der Waals surface area (Å²) in [7, 11) is 1.25. The quantitative estimate of drug-likeness (QED) is 0.584. The number of anilines is 1. The SMILES string of the molecule is COC(=O)c1ccc(Cl)c(NC(=O)C(C)(C)C(=O)NCc2cccnc2)c1. The number of methoxy groups -OCH3 is 1. The van der Waals surface area contributed by atoms with Crippen LogP contribution in [-0.2, 0) is 20.9 Å². The van der Waals surface area contributed by atoms with Gasteiger partial charge < -0.3 is 15.4 Å². The molecule has 7 nitrogen and oxygen atoms in total. The first-order chi connectivity index (χ1) is 12.8. The first kappa shape index (κ1) is 20.4. The lowest BCUT2D eigenvalue weighted by Crippen LogP contribution is -2.44. The van der Waals surface area contributed by atoms with Crippen molar-refractivity contribution in [2.45, 2.75) is 20.4 Å². The zero-order valence-corrected chi connectivity index (χ0v) is 16.0. The van der Waals surface area contributed by atoms with Crippen molar-refractivity contribution in [2.24, 2.45) is 5.41 Å². The Morgan fingerprint density at radius 2 is 1.93 bits per heavy atom. The van der Waals surface area contributed by atoms with Gasteiger partial charge in [0.25, 0.3) is 0 Å². The summed E-state index contributed by atoms with van der Waals surface area (Å²) < 4.78 is 4.65. The molecule has 0 spiro atoms. The Bertz CT molecular complexity index is 853. The summed E-state index contributed by atoms with van der Waals surface area (Å²) in [5, 5.41) is 5.55. The van der Waals surface area contributed by atoms with Crippen molar-refractivity contribution in [3.05, 3.63) is 58.9 Å². The van der Waals surface area contributed by atoms with Crippen LogP contribution in [0.3, 0.4) is 0 Å². The van der Waals surface area contributed by atoms with Gasteiger partial charge in [0, 0.05) is 18.9 Å². The molecular formula is C19H20ClN3O4. The van der Waals surface area contributed by atoms with E-state index in [-0.39, 0.29) is 22.8 Å². The number of carbonyl (C=O) groups excluding carboxylic acids is 3. The van der Waals surface area contributed by atoms with Gasteiger partial charge in [-0.3, -0.25) is 14.6 Å². The number of amides is 2. The molecule has 27 heavy (non-hydrogen) atoms. The number of rotatable bonds is 6. The molecule has 2 aromatic rings. The lowest BCUT2D eigenvalue weighted by atomic mass is 9.90. The summed E-state index contributed by atoms with van der Waals surface area (Å²) >= 11 is 6.08. The van der Waals surface area contributed by atoms with Crippen molar-refractivity contribution in [3.8, 4) is 0 Å². The Morgan fingerprint density at radius 3 is 2.56 bits per heavy atom. The third-order valence-electron chi connectivity index (χ3n) is 3.95. The Labute approximate surface area is 162 Å². The number of benzene rings is 1. The van der Waals surface area contributed by atoms with Gasteiger partial charge in [0.1, 0.15) is 5.41 Å². The topological polar surface area (TPSA) is 97.4 Å². The van der Waals surface area contributed by atoms with E-state index in [4.69, 9.17) is 11.6 Å². The van der Waals surface area contributed by atoms with E-state index >= 15 is 0 Å². The van der Waals surface area contributed by atoms with Crippen molar-refractivity contribution in [3.63, 3.8) is 0 Å². The van der Waals surface area contributed by atoms with Gasteiger partial charge >= 0.3 is 5.97 Å². The molecule has 1 aromatic heterocycles. The summed E-state index contributed by atoms with van der Waals surface area (Å²) in [6, 6.07) is 7.93. The summed E-state index contributed by atoms with van der Waals surface area (Å²) in [5.41, 5.74) is -0.100. The highest BCUT2D eigenvalue weighted by molar-refractivity contribution is 6.34. The number of esters is 1. The average molecular weight is 390 g/mol. The van der Waals surface area contributed by atoms with Gasteiger partial charge in [0.15, 0.2) is 0 Å². The molecule has 0 unspecified atom stereocenters. The van der Waals surface area contributed by atoms with E-state index in [0.717, 1.165) is 5.56 Å². The minimum absolute atomic E-state index is 0.220. The predicted molar refractivity (Wildman–Crippen MR) is 101 cm³/mol. The second-order valence-corrected chi connectivity index (χ2v) is 6.72. The van der Waals surface area contributed by atoms with E-state index in [0.29, 0.717) is 0 Å². The molecule has 2 rings (SSSR count). The molecule has 0 saturated carbocycles. The van der Waals surface area contributed by atoms with E-state index in [1.54, 1.807) is 18.5 Å². The number of hydrogen-bond donors (Lipinski definition) is 2. The molecule has 0 atom stereocenters. The monoisotopic (exact) mass is 389 g/mol. The molecule has 8 heteroatoms. The van der Waals surface area contributed by atoms with E-state index in [1.165, 1.54) is 39.2 Å². The molecule has 142 valence electrons. The Balaban J connectivity index is 2.09. The number of aromatic nitrogens is 1. The van der Waals surface area contributed by atoms with E-state index in [9.17, 15) is 14.4 Å². The molecule has 0 aliphatic heterocycles. The summed E-state index contributed by atoms with van der Waals surface area (Å²) in [6.07, 6.45) is 3.26. The van der Waals surface area contributed by atoms with Crippen molar-refractivity contribution < 1.29 is 19.1 Å². The third-order valence-corrected chi connectivity index (χ3v) is 4.28. The number of ether oxygens (including phenoxy) is 1. The first-order valence-corrected chi connectivity index (χ1v) is 8.50. The summed E-state index contributed by atoms with van der Waals surface area (Å²) in [4.78, 5) is 40.7. The molecular weight excluding hydrogens is 370 g/mol. The molecule has 1 heterocycles. The molecule has 0 fully saturated rings. The maximum Gasteiger partial charge on any atom is 0.337 e. The van der Waals surface area contributed by atoms with Crippen LogP contribution in [0.15, 0.2) is 42.7 Å². The van der Waals surface area contributed by atoms with Crippen LogP contribution in [0, 0.1) is 5.41 Å². The zero-order valence-electron chi connectivity index (χ0n) is 15.2. The second-order valence-electron chi connectivity index (χ2n) is 6.31. The molecule has 0 radical (unpaired) electrons. The highest BCUT2D eigenvalue weighted by atomic mass is 35.5. The van der Waals surface area contributed by atoms with Crippen LogP contribution in [0.4, 0.5) is 5.69 Å². The van der Waals surface area contributed by atoms with Gasteiger partial charge in [0.05, 0.1) is 23.4 Å². The Kier molecular flexibility index (Phi) is 6.52. The number of carbonyl (C=O) groups is 3. The zero-order chi connectivity index (χ0) is 20.0. The van der Waals surface area contributed by atoms with Crippen molar-refractivity contribution in [1.82, 2.24) is 10.3 Å². The molecule has 2 amide bonds. The van der Waals surface area contributed by atoms with Crippen LogP contribution in [0.2, 0.25) is 5.02 Å². The normalized spacial score (nSPS) is 10.8. The van der Waals surface area contributed by atoms with E-state index in [2.05, 4.69) is 20.4 Å². The highest BCUT2D eigenvalue weighted by Crippen LogP contribution is 2.26. The number of pyridine rings is 1. The molecule has 0 saturated heterocycles. The van der Waals surface area contributed by atoms with Crippen LogP contribution < -0.4 is 10.6 Å². The minimum Gasteiger partial charge on any atom is -0.465 e. The summed E-state index contributed by atoms with van der Waals surface area (Å²) in [5.74, 6) is -1.57. The molecule has 1 aromatic carbocycles. The van der Waals surface area contributed by atoms with E-state index < -0.39 is 23.2 Å². The standard InChI is InChI=1S/C19H20ClN3O4/c1-19(2,17(25)22-11-12-5-4-8-21-10-12)18(26)23-15-9-13(16(24)27-3)6-7-14(15)20/h4-10H,11H2,1-3H3,(H,22,25)(H,23,26). The number of nitrogens with one attached hydrogen (secondary N) is 2. The van der Waals surface area contributed by atoms with Crippen LogP contribution in [0.1, 0.15) is 29.8 Å². The van der Waals surface area contributed by atoms with Crippen LogP contribution >= 0.6 is 11.6 Å². The molecule has 0 aliphatic rings. The highest BCUT2D eigenvalue weighted by Gasteiger charge is 2.36. The fourth-order valence-corrected chi connectivity index (χ4v) is 2.32. The fourth-order valence-electron chi connectivity index (χ4n) is 2.15. The van der Waals surface area contributed by atoms with Gasteiger partial charge in [0.2, 0.25) is 11.8 Å². The largest absolute Gasteiger partial charge is 0.465 e. The molecule has 0 bridgehead atoms. The van der Waals surface area contributed by atoms with Gasteiger partial charge in [-0.15, -0.1) is 0 Å². The second kappa shape index (κ2) is 8.64. The Hall–Kier alpha value is -2.93. The van der Waals surface area contributed by atoms with Crippen molar-refractivity contribution in [2.75, 3.05) is 12.4 Å². The number of halogens is 1. The maximum absolute atomic E-state index is 12.6. The lowest BCUT2D eigenvalue weighted by molar-refractivity contribution is -0.138. The lowest BCUT2D eigenvalue weighted by Gasteiger charge is -2.23. The van der Waals surface area contributed by atoms with E-state index in [1.807, 2.05) is 6.07 Å². The smallest absolute Gasteiger partial charge is 0.337 e. The van der Waals surface area contributed by atoms with Gasteiger partial charge in [-0.2, -0.15) is 0 Å². The number of hydrogen-bond acceptors (Lipinski definition) is 5. The maximum atomic E-state index is 12.6. The van der Waals surface area contributed by atoms with Crippen molar-refractivity contribution >= 4 is 35.1 Å². The van der Waals surface area contributed by atoms with Gasteiger partial charge in [-0.1, -0.05) is 17.7 Å². The van der Waals surface area contributed by atoms with Gasteiger partial charge in [-0.05, 0) is 43.7 Å². The average Bonchev–Trinajstić information content (AvgIpc) is 2.67. The van der Waals surface area contributed by atoms with Crippen molar-refractivity contribution in [1.29, 1.82) is 0 Å².